The van der Waals surface area contributed by atoms with Gasteiger partial charge in [0.25, 0.3) is 11.8 Å². The molecule has 1 unspecified atom stereocenters. The summed E-state index contributed by atoms with van der Waals surface area (Å²) in [5.41, 5.74) is 0.162. The van der Waals surface area contributed by atoms with E-state index >= 15 is 8.78 Å². The van der Waals surface area contributed by atoms with Crippen molar-refractivity contribution in [3.05, 3.63) is 141 Å². The summed E-state index contributed by atoms with van der Waals surface area (Å²) in [6.07, 6.45) is -5.38. The van der Waals surface area contributed by atoms with Crippen LogP contribution >= 0.6 is 0 Å². The molecule has 1 saturated carbocycles. The van der Waals surface area contributed by atoms with Gasteiger partial charge < -0.3 is 10.6 Å². The molecule has 15 heteroatoms. The Morgan fingerprint density at radius 1 is 1.00 bits per heavy atom. The number of benzene rings is 3. The molecule has 2 amide bonds. The smallest absolute Gasteiger partial charge is 0.348 e. The van der Waals surface area contributed by atoms with Gasteiger partial charge in [-0.05, 0) is 89.5 Å². The number of rotatable bonds is 7. The lowest BCUT2D eigenvalue weighted by Crippen LogP contribution is -2.35. The van der Waals surface area contributed by atoms with Crippen molar-refractivity contribution in [3.63, 3.8) is 0 Å². The van der Waals surface area contributed by atoms with E-state index in [0.29, 0.717) is 45.1 Å². The topological polar surface area (TPSA) is 113 Å². The van der Waals surface area contributed by atoms with Gasteiger partial charge in [0.2, 0.25) is 5.91 Å². The molecule has 0 radical (unpaired) electrons. The lowest BCUT2D eigenvalue weighted by molar-refractivity contribution is -0.142. The Balaban J connectivity index is 1.22. The van der Waals surface area contributed by atoms with Crippen LogP contribution in [0.15, 0.2) is 72.8 Å². The Hall–Kier alpha value is -6.48. The van der Waals surface area contributed by atoms with E-state index in [4.69, 9.17) is 10.2 Å². The predicted octanol–water partition coefficient (Wildman–Crippen LogP) is 7.31. The third kappa shape index (κ3) is 6.53. The molecule has 0 saturated heterocycles. The molecule has 282 valence electrons. The van der Waals surface area contributed by atoms with Crippen molar-refractivity contribution in [3.8, 4) is 29.0 Å². The van der Waals surface area contributed by atoms with E-state index < -0.39 is 76.9 Å². The van der Waals surface area contributed by atoms with Crippen LogP contribution in [0.1, 0.15) is 79.8 Å². The van der Waals surface area contributed by atoms with Gasteiger partial charge in [0.15, 0.2) is 5.69 Å². The number of alkyl halides is 5. The molecule has 2 N–H and O–H groups in total. The first-order valence-corrected chi connectivity index (χ1v) is 17.4. The molecular weight excluding hydrogens is 741 g/mol. The molecule has 8 nitrogen and oxygen atoms in total. The SMILES string of the molecule is C[C@@H]1C2c3c(C(F)(F)F)nn(CC(=O)N[C@@H](Cc4cc(F)cc(F)c4)c4nc(C#Cc5ccc(C#N)cc5)ccc4-c4ccc5c(c4)C(=O)NC5)c3C(F)(F)[C@@H]21. The van der Waals surface area contributed by atoms with Gasteiger partial charge in [0, 0.05) is 46.7 Å². The fourth-order valence-electron chi connectivity index (χ4n) is 7.84. The Morgan fingerprint density at radius 2 is 1.71 bits per heavy atom. The third-order valence-electron chi connectivity index (χ3n) is 10.4. The van der Waals surface area contributed by atoms with Crippen molar-refractivity contribution in [2.45, 2.75) is 50.5 Å². The molecule has 0 spiro atoms. The monoisotopic (exact) mass is 768 g/mol. The second-order valence-electron chi connectivity index (χ2n) is 14.0. The standard InChI is InChI=1S/C41H27F7N6O2/c1-20-33-34-37(41(46,47)48)53-54(38(34)40(44,45)35(20)33)19-32(55)52-31(14-23-12-26(42)16-27(43)13-23)36-29(24-7-8-25-18-50-39(56)30(25)15-24)11-10-28(51-36)9-6-21-2-4-22(17-49)5-3-21/h2-5,7-8,10-13,15-16,20,31,33,35H,14,18-19H2,1H3,(H,50,56)(H,52,55)/t20-,31+,33?,35-/m1/s1. The van der Waals surface area contributed by atoms with Crippen LogP contribution in [0.3, 0.4) is 0 Å². The molecule has 3 aromatic carbocycles. The quantitative estimate of drug-likeness (QED) is 0.133. The molecule has 8 rings (SSSR count). The molecule has 2 aromatic heterocycles. The summed E-state index contributed by atoms with van der Waals surface area (Å²) >= 11 is 0. The van der Waals surface area contributed by atoms with Crippen molar-refractivity contribution in [2.24, 2.45) is 11.8 Å². The normalized spacial score (nSPS) is 19.1. The maximum Gasteiger partial charge on any atom is 0.435 e. The summed E-state index contributed by atoms with van der Waals surface area (Å²) in [5.74, 6) is -4.14. The van der Waals surface area contributed by atoms with Gasteiger partial charge in [-0.15, -0.1) is 0 Å². The fourth-order valence-corrected chi connectivity index (χ4v) is 7.84. The van der Waals surface area contributed by atoms with Crippen LogP contribution in [0, 0.1) is 46.6 Å². The van der Waals surface area contributed by atoms with Gasteiger partial charge in [0.1, 0.15) is 29.6 Å². The highest BCUT2D eigenvalue weighted by molar-refractivity contribution is 5.99. The Labute approximate surface area is 314 Å². The first-order valence-electron chi connectivity index (χ1n) is 17.4. The van der Waals surface area contributed by atoms with Crippen LogP contribution < -0.4 is 10.6 Å². The van der Waals surface area contributed by atoms with Crippen LogP contribution in [0.5, 0.6) is 0 Å². The summed E-state index contributed by atoms with van der Waals surface area (Å²) in [6, 6.07) is 18.1. The highest BCUT2D eigenvalue weighted by atomic mass is 19.4. The van der Waals surface area contributed by atoms with Gasteiger partial charge in [-0.3, -0.25) is 14.3 Å². The molecule has 3 heterocycles. The number of hydrogen-bond acceptors (Lipinski definition) is 5. The second-order valence-corrected chi connectivity index (χ2v) is 14.0. The predicted molar refractivity (Wildman–Crippen MR) is 185 cm³/mol. The number of aromatic nitrogens is 3. The number of nitriles is 1. The van der Waals surface area contributed by atoms with Crippen LogP contribution in [-0.2, 0) is 36.4 Å². The number of nitrogens with one attached hydrogen (secondary N) is 2. The summed E-state index contributed by atoms with van der Waals surface area (Å²) in [4.78, 5) is 31.2. The number of pyridine rings is 1. The Morgan fingerprint density at radius 3 is 2.41 bits per heavy atom. The summed E-state index contributed by atoms with van der Waals surface area (Å²) in [6.45, 7) is 0.708. The number of carbonyl (C=O) groups excluding carboxylic acids is 2. The molecule has 2 aliphatic carbocycles. The number of amides is 2. The van der Waals surface area contributed by atoms with Crippen LogP contribution in [-0.4, -0.2) is 26.6 Å². The van der Waals surface area contributed by atoms with E-state index in [9.17, 15) is 31.5 Å². The number of nitrogens with zero attached hydrogens (tertiary/aromatic N) is 4. The van der Waals surface area contributed by atoms with Gasteiger partial charge in [-0.25, -0.2) is 13.8 Å². The average Bonchev–Trinajstić information content (AvgIpc) is 3.37. The van der Waals surface area contributed by atoms with Crippen molar-refractivity contribution in [1.29, 1.82) is 5.26 Å². The van der Waals surface area contributed by atoms with Crippen molar-refractivity contribution < 1.29 is 40.3 Å². The van der Waals surface area contributed by atoms with Gasteiger partial charge in [-0.2, -0.15) is 32.3 Å². The highest BCUT2D eigenvalue weighted by Gasteiger charge is 2.72. The van der Waals surface area contributed by atoms with E-state index in [1.54, 1.807) is 54.6 Å². The zero-order chi connectivity index (χ0) is 39.7. The lowest BCUT2D eigenvalue weighted by Gasteiger charge is -2.23. The maximum atomic E-state index is 15.6. The first kappa shape index (κ1) is 36.5. The second kappa shape index (κ2) is 13.4. The van der Waals surface area contributed by atoms with Crippen molar-refractivity contribution in [1.82, 2.24) is 25.4 Å². The zero-order valence-electron chi connectivity index (χ0n) is 29.1. The minimum atomic E-state index is -5.06. The van der Waals surface area contributed by atoms with Gasteiger partial charge in [0.05, 0.1) is 23.4 Å². The van der Waals surface area contributed by atoms with Crippen LogP contribution in [0.2, 0.25) is 0 Å². The molecular formula is C41H27F7N6O2. The van der Waals surface area contributed by atoms with E-state index in [1.165, 1.54) is 6.92 Å². The lowest BCUT2D eigenvalue weighted by atomic mass is 9.93. The fraction of sp³-hybridized carbons (Fsp3) is 0.244. The summed E-state index contributed by atoms with van der Waals surface area (Å²) in [7, 11) is 0. The highest BCUT2D eigenvalue weighted by Crippen LogP contribution is 2.71. The maximum absolute atomic E-state index is 15.6. The van der Waals surface area contributed by atoms with Gasteiger partial charge in [-0.1, -0.05) is 25.0 Å². The average molecular weight is 769 g/mol. The summed E-state index contributed by atoms with van der Waals surface area (Å²) < 4.78 is 103. The minimum Gasteiger partial charge on any atom is -0.348 e. The number of carbonyl (C=O) groups is 2. The van der Waals surface area contributed by atoms with Crippen LogP contribution in [0.25, 0.3) is 11.1 Å². The number of fused-ring (bicyclic) bond motifs is 4. The molecule has 5 aromatic rings. The third-order valence-corrected chi connectivity index (χ3v) is 10.4. The van der Waals surface area contributed by atoms with E-state index in [1.807, 2.05) is 6.07 Å². The summed E-state index contributed by atoms with van der Waals surface area (Å²) in [5, 5.41) is 18.0. The van der Waals surface area contributed by atoms with E-state index in [0.717, 1.165) is 17.7 Å². The Kier molecular flexibility index (Phi) is 8.71. The van der Waals surface area contributed by atoms with Crippen molar-refractivity contribution >= 4 is 11.8 Å². The van der Waals surface area contributed by atoms with E-state index in [2.05, 4.69) is 27.6 Å². The molecule has 1 fully saturated rings. The van der Waals surface area contributed by atoms with Crippen LogP contribution in [0.4, 0.5) is 30.7 Å². The van der Waals surface area contributed by atoms with Crippen molar-refractivity contribution in [2.75, 3.05) is 0 Å². The number of hydrogen-bond donors (Lipinski definition) is 2. The first-order chi connectivity index (χ1) is 26.6. The molecule has 1 aliphatic heterocycles. The largest absolute Gasteiger partial charge is 0.435 e. The minimum absolute atomic E-state index is 0.0582. The number of halogens is 7. The van der Waals surface area contributed by atoms with Gasteiger partial charge >= 0.3 is 6.18 Å². The molecule has 3 aliphatic rings. The zero-order valence-corrected chi connectivity index (χ0v) is 29.1. The molecule has 4 atom stereocenters. The molecule has 0 bridgehead atoms. The molecule has 56 heavy (non-hydrogen) atoms. The van der Waals surface area contributed by atoms with E-state index in [-0.39, 0.29) is 29.3 Å². The Bertz CT molecular complexity index is 2540.